The predicted molar refractivity (Wildman–Crippen MR) is 109 cm³/mol. The quantitative estimate of drug-likeness (QED) is 0.545. The van der Waals surface area contributed by atoms with Crippen LogP contribution in [0.25, 0.3) is 11.4 Å². The van der Waals surface area contributed by atoms with Crippen LogP contribution in [0.15, 0.2) is 29.7 Å². The number of imide groups is 1. The van der Waals surface area contributed by atoms with Gasteiger partial charge in [0.1, 0.15) is 5.54 Å². The van der Waals surface area contributed by atoms with Crippen molar-refractivity contribution in [3.63, 3.8) is 0 Å². The standard InChI is InChI=1S/C19H23N7O3S/c1-12-5-7-19(8-6-12)16(28)26(17(29)21-19)24-14(27)11-30-18-23-22-15(25(18)2)13-4-3-9-20-10-13/h3-4,9-10,12H,5-8,11H2,1-2H3,(H,21,29)(H,24,27). The Balaban J connectivity index is 1.36. The van der Waals surface area contributed by atoms with Crippen molar-refractivity contribution in [1.29, 1.82) is 0 Å². The fourth-order valence-corrected chi connectivity index (χ4v) is 4.49. The lowest BCUT2D eigenvalue weighted by molar-refractivity contribution is -0.139. The Morgan fingerprint density at radius 1 is 1.33 bits per heavy atom. The van der Waals surface area contributed by atoms with Gasteiger partial charge in [-0.05, 0) is 43.7 Å². The maximum Gasteiger partial charge on any atom is 0.344 e. The smallest absolute Gasteiger partial charge is 0.322 e. The van der Waals surface area contributed by atoms with E-state index in [1.54, 1.807) is 24.0 Å². The number of thioether (sulfide) groups is 1. The van der Waals surface area contributed by atoms with Gasteiger partial charge in [-0.15, -0.1) is 10.2 Å². The Hall–Kier alpha value is -2.95. The summed E-state index contributed by atoms with van der Waals surface area (Å²) in [6.45, 7) is 2.14. The molecule has 10 nitrogen and oxygen atoms in total. The lowest BCUT2D eigenvalue weighted by Crippen LogP contribution is -2.51. The SMILES string of the molecule is CC1CCC2(CC1)NC(=O)N(NC(=O)CSc1nnc(-c3cccnc3)n1C)C2=O. The number of nitrogens with one attached hydrogen (secondary N) is 2. The maximum absolute atomic E-state index is 12.8. The van der Waals surface area contributed by atoms with Crippen molar-refractivity contribution in [3.05, 3.63) is 24.5 Å². The number of nitrogens with zero attached hydrogens (tertiary/aromatic N) is 5. The van der Waals surface area contributed by atoms with E-state index in [9.17, 15) is 14.4 Å². The number of carbonyl (C=O) groups excluding carboxylic acids is 3. The molecule has 158 valence electrons. The highest BCUT2D eigenvalue weighted by Gasteiger charge is 2.52. The van der Waals surface area contributed by atoms with Gasteiger partial charge >= 0.3 is 6.03 Å². The number of rotatable bonds is 5. The second kappa shape index (κ2) is 8.05. The fraction of sp³-hybridized carbons (Fsp3) is 0.474. The Morgan fingerprint density at radius 3 is 2.80 bits per heavy atom. The highest BCUT2D eigenvalue weighted by molar-refractivity contribution is 7.99. The normalized spacial score (nSPS) is 23.7. The molecule has 11 heteroatoms. The minimum atomic E-state index is -0.883. The van der Waals surface area contributed by atoms with Gasteiger partial charge in [0, 0.05) is 25.0 Å². The van der Waals surface area contributed by atoms with Crippen LogP contribution in [0.3, 0.4) is 0 Å². The van der Waals surface area contributed by atoms with Gasteiger partial charge in [0.05, 0.1) is 5.75 Å². The van der Waals surface area contributed by atoms with Gasteiger partial charge < -0.3 is 9.88 Å². The minimum absolute atomic E-state index is 0.0138. The average molecular weight is 430 g/mol. The Bertz CT molecular complexity index is 970. The van der Waals surface area contributed by atoms with E-state index in [0.717, 1.165) is 23.4 Å². The molecule has 2 N–H and O–H groups in total. The predicted octanol–water partition coefficient (Wildman–Crippen LogP) is 1.50. The zero-order valence-corrected chi connectivity index (χ0v) is 17.6. The Labute approximate surface area is 177 Å². The summed E-state index contributed by atoms with van der Waals surface area (Å²) in [4.78, 5) is 41.6. The first-order valence-electron chi connectivity index (χ1n) is 9.78. The van der Waals surface area contributed by atoms with E-state index in [2.05, 4.69) is 32.8 Å². The molecule has 1 saturated carbocycles. The van der Waals surface area contributed by atoms with E-state index in [1.807, 2.05) is 12.1 Å². The summed E-state index contributed by atoms with van der Waals surface area (Å²) < 4.78 is 1.76. The van der Waals surface area contributed by atoms with Crippen molar-refractivity contribution in [2.45, 2.75) is 43.3 Å². The number of hydrogen-bond acceptors (Lipinski definition) is 7. The summed E-state index contributed by atoms with van der Waals surface area (Å²) in [6, 6.07) is 3.10. The molecule has 1 spiro atoms. The van der Waals surface area contributed by atoms with Crippen molar-refractivity contribution in [2.75, 3.05) is 5.75 Å². The second-order valence-electron chi connectivity index (χ2n) is 7.77. The number of hydrogen-bond donors (Lipinski definition) is 2. The number of urea groups is 1. The first-order chi connectivity index (χ1) is 14.4. The summed E-state index contributed by atoms with van der Waals surface area (Å²) in [5.41, 5.74) is 2.37. The zero-order valence-electron chi connectivity index (χ0n) is 16.8. The highest BCUT2D eigenvalue weighted by Crippen LogP contribution is 2.35. The topological polar surface area (TPSA) is 122 Å². The van der Waals surface area contributed by atoms with E-state index < -0.39 is 17.5 Å². The molecule has 2 aromatic rings. The zero-order chi connectivity index (χ0) is 21.3. The molecule has 0 bridgehead atoms. The van der Waals surface area contributed by atoms with E-state index in [1.165, 1.54) is 11.8 Å². The molecule has 1 aliphatic carbocycles. The number of pyridine rings is 1. The molecular formula is C19H23N7O3S. The monoisotopic (exact) mass is 429 g/mol. The van der Waals surface area contributed by atoms with Crippen LogP contribution in [-0.2, 0) is 16.6 Å². The van der Waals surface area contributed by atoms with Crippen molar-refractivity contribution in [3.8, 4) is 11.4 Å². The van der Waals surface area contributed by atoms with Crippen LogP contribution in [0, 0.1) is 5.92 Å². The van der Waals surface area contributed by atoms with Gasteiger partial charge in [-0.3, -0.25) is 20.0 Å². The summed E-state index contributed by atoms with van der Waals surface area (Å²) in [5.74, 6) is 0.308. The van der Waals surface area contributed by atoms with Gasteiger partial charge in [-0.25, -0.2) is 4.79 Å². The van der Waals surface area contributed by atoms with Gasteiger partial charge in [0.25, 0.3) is 5.91 Å². The van der Waals surface area contributed by atoms with E-state index in [4.69, 9.17) is 0 Å². The fourth-order valence-electron chi connectivity index (χ4n) is 3.79. The van der Waals surface area contributed by atoms with Gasteiger partial charge in [0.15, 0.2) is 11.0 Å². The molecule has 0 atom stereocenters. The number of hydrazine groups is 1. The first kappa shape index (κ1) is 20.3. The molecule has 30 heavy (non-hydrogen) atoms. The highest BCUT2D eigenvalue weighted by atomic mass is 32.2. The molecule has 1 aliphatic heterocycles. The largest absolute Gasteiger partial charge is 0.344 e. The third-order valence-corrected chi connectivity index (χ3v) is 6.63. The van der Waals surface area contributed by atoms with Crippen molar-refractivity contribution < 1.29 is 14.4 Å². The van der Waals surface area contributed by atoms with Crippen LogP contribution in [0.1, 0.15) is 32.6 Å². The summed E-state index contributed by atoms with van der Waals surface area (Å²) in [7, 11) is 1.80. The molecule has 4 amide bonds. The van der Waals surface area contributed by atoms with Crippen LogP contribution in [0.5, 0.6) is 0 Å². The number of carbonyl (C=O) groups is 3. The Morgan fingerprint density at radius 2 is 2.10 bits per heavy atom. The van der Waals surface area contributed by atoms with E-state index in [-0.39, 0.29) is 11.7 Å². The van der Waals surface area contributed by atoms with Crippen LogP contribution in [0.4, 0.5) is 4.79 Å². The van der Waals surface area contributed by atoms with Gasteiger partial charge in [-0.1, -0.05) is 18.7 Å². The lowest BCUT2D eigenvalue weighted by Gasteiger charge is -2.33. The molecule has 1 saturated heterocycles. The second-order valence-corrected chi connectivity index (χ2v) is 8.71. The van der Waals surface area contributed by atoms with E-state index in [0.29, 0.717) is 29.7 Å². The first-order valence-corrected chi connectivity index (χ1v) is 10.8. The summed E-state index contributed by atoms with van der Waals surface area (Å²) in [5, 5.41) is 12.4. The number of amides is 4. The molecule has 3 heterocycles. The van der Waals surface area contributed by atoms with Crippen molar-refractivity contribution in [1.82, 2.24) is 35.5 Å². The number of aromatic nitrogens is 4. The van der Waals surface area contributed by atoms with Gasteiger partial charge in [0.2, 0.25) is 5.91 Å². The molecule has 0 radical (unpaired) electrons. The average Bonchev–Trinajstić information content (AvgIpc) is 3.22. The lowest BCUT2D eigenvalue weighted by atomic mass is 9.77. The van der Waals surface area contributed by atoms with Crippen LogP contribution in [-0.4, -0.2) is 53.9 Å². The Kier molecular flexibility index (Phi) is 5.46. The molecule has 2 aliphatic rings. The molecule has 0 aromatic carbocycles. The molecular weight excluding hydrogens is 406 g/mol. The molecule has 0 unspecified atom stereocenters. The van der Waals surface area contributed by atoms with Crippen LogP contribution < -0.4 is 10.7 Å². The van der Waals surface area contributed by atoms with Crippen molar-refractivity contribution >= 4 is 29.6 Å². The minimum Gasteiger partial charge on any atom is -0.322 e. The van der Waals surface area contributed by atoms with Crippen molar-refractivity contribution in [2.24, 2.45) is 13.0 Å². The third kappa shape index (κ3) is 3.76. The van der Waals surface area contributed by atoms with Crippen LogP contribution >= 0.6 is 11.8 Å². The van der Waals surface area contributed by atoms with Gasteiger partial charge in [-0.2, -0.15) is 5.01 Å². The van der Waals surface area contributed by atoms with E-state index >= 15 is 0 Å². The summed E-state index contributed by atoms with van der Waals surface area (Å²) >= 11 is 1.17. The molecule has 4 rings (SSSR count). The summed E-state index contributed by atoms with van der Waals surface area (Å²) in [6.07, 6.45) is 6.29. The third-order valence-electron chi connectivity index (χ3n) is 5.61. The molecule has 2 fully saturated rings. The molecule has 2 aromatic heterocycles. The maximum atomic E-state index is 12.8. The van der Waals surface area contributed by atoms with Crippen LogP contribution in [0.2, 0.25) is 0 Å².